The number of hydrogen-bond donors (Lipinski definition) is 3. The Morgan fingerprint density at radius 3 is 2.66 bits per heavy atom. The zero-order valence-corrected chi connectivity index (χ0v) is 17.6. The average Bonchev–Trinajstić information content (AvgIpc) is 2.97. The fraction of sp³-hybridized carbons (Fsp3) is 0.261. The number of hydrogen-bond acceptors (Lipinski definition) is 8. The number of likely N-dealkylation sites (tertiary alicyclic amines) is 1. The molecule has 2 aliphatic rings. The Balaban J connectivity index is 1.28. The van der Waals surface area contributed by atoms with Crippen LogP contribution in [0.25, 0.3) is 0 Å². The van der Waals surface area contributed by atoms with E-state index in [0.29, 0.717) is 29.2 Å². The van der Waals surface area contributed by atoms with Gasteiger partial charge in [-0.1, -0.05) is 47.7 Å². The molecule has 0 unspecified atom stereocenters. The fourth-order valence-electron chi connectivity index (χ4n) is 4.08. The van der Waals surface area contributed by atoms with E-state index in [9.17, 15) is 0 Å². The maximum absolute atomic E-state index is 5.30. The van der Waals surface area contributed by atoms with Gasteiger partial charge in [0.25, 0.3) is 0 Å². The Bertz CT molecular complexity index is 1140. The van der Waals surface area contributed by atoms with E-state index in [0.717, 1.165) is 43.9 Å². The van der Waals surface area contributed by atoms with Gasteiger partial charge in [0.1, 0.15) is 5.82 Å². The van der Waals surface area contributed by atoms with E-state index in [-0.39, 0.29) is 0 Å². The highest BCUT2D eigenvalue weighted by atomic mass is 15.3. The summed E-state index contributed by atoms with van der Waals surface area (Å²) in [5.41, 5.74) is 3.59. The van der Waals surface area contributed by atoms with Crippen LogP contribution >= 0.6 is 0 Å². The van der Waals surface area contributed by atoms with Crippen molar-refractivity contribution in [1.29, 1.82) is 0 Å². The van der Waals surface area contributed by atoms with Gasteiger partial charge in [0.05, 0.1) is 16.9 Å². The molecule has 5 rings (SSSR count). The monoisotopic (exact) mass is 427 g/mol. The van der Waals surface area contributed by atoms with Gasteiger partial charge in [0, 0.05) is 31.9 Å². The number of aromatic nitrogens is 2. The number of rotatable bonds is 4. The quantitative estimate of drug-likeness (QED) is 0.329. The molecule has 1 aromatic heterocycles. The van der Waals surface area contributed by atoms with E-state index in [1.54, 1.807) is 6.20 Å². The van der Waals surface area contributed by atoms with Crippen molar-refractivity contribution in [3.63, 3.8) is 0 Å². The number of amidine groups is 1. The van der Waals surface area contributed by atoms with Crippen LogP contribution in [0.5, 0.6) is 0 Å². The molecule has 0 spiro atoms. The molecule has 0 bridgehead atoms. The zero-order chi connectivity index (χ0) is 21.8. The molecule has 0 amide bonds. The molecule has 0 aliphatic carbocycles. The minimum atomic E-state index is 0.329. The molecule has 4 N–H and O–H groups in total. The van der Waals surface area contributed by atoms with Crippen LogP contribution in [-0.2, 0) is 6.54 Å². The van der Waals surface area contributed by atoms with Crippen LogP contribution < -0.4 is 16.5 Å². The Hall–Kier alpha value is -3.85. The number of piperidine rings is 1. The van der Waals surface area contributed by atoms with Crippen LogP contribution in [0.1, 0.15) is 24.0 Å². The van der Waals surface area contributed by atoms with Crippen molar-refractivity contribution < 1.29 is 0 Å². The summed E-state index contributed by atoms with van der Waals surface area (Å²) in [4.78, 5) is 16.3. The summed E-state index contributed by atoms with van der Waals surface area (Å²) in [5, 5.41) is 14.2. The van der Waals surface area contributed by atoms with Gasteiger partial charge in [-0.2, -0.15) is 4.98 Å². The molecule has 0 saturated carbocycles. The lowest BCUT2D eigenvalue weighted by Crippen LogP contribution is -2.39. The van der Waals surface area contributed by atoms with Gasteiger partial charge >= 0.3 is 0 Å². The van der Waals surface area contributed by atoms with Crippen LogP contribution in [0.4, 0.5) is 23.1 Å². The molecular formula is C23H25N9. The zero-order valence-electron chi connectivity index (χ0n) is 17.6. The highest BCUT2D eigenvalue weighted by molar-refractivity contribution is 6.07. The van der Waals surface area contributed by atoms with Gasteiger partial charge in [0.15, 0.2) is 5.84 Å². The summed E-state index contributed by atoms with van der Waals surface area (Å²) in [6.45, 7) is 3.07. The summed E-state index contributed by atoms with van der Waals surface area (Å²) in [5.74, 6) is 6.89. The third-order valence-electron chi connectivity index (χ3n) is 5.74. The molecule has 9 heteroatoms. The van der Waals surface area contributed by atoms with Crippen molar-refractivity contribution in [2.24, 2.45) is 21.2 Å². The Morgan fingerprint density at radius 1 is 1.06 bits per heavy atom. The van der Waals surface area contributed by atoms with Gasteiger partial charge in [-0.3, -0.25) is 4.90 Å². The van der Waals surface area contributed by atoms with Crippen LogP contribution in [0.2, 0.25) is 0 Å². The number of nitrogens with two attached hydrogens (primary N) is 1. The predicted octanol–water partition coefficient (Wildman–Crippen LogP) is 4.01. The largest absolute Gasteiger partial charge is 0.351 e. The predicted molar refractivity (Wildman–Crippen MR) is 125 cm³/mol. The molecule has 9 nitrogen and oxygen atoms in total. The van der Waals surface area contributed by atoms with Crippen LogP contribution in [-0.4, -0.2) is 39.8 Å². The van der Waals surface area contributed by atoms with E-state index in [1.165, 1.54) is 5.56 Å². The van der Waals surface area contributed by atoms with Crippen molar-refractivity contribution in [3.05, 3.63) is 71.9 Å². The first-order valence-corrected chi connectivity index (χ1v) is 10.7. The second-order valence-electron chi connectivity index (χ2n) is 7.93. The highest BCUT2D eigenvalue weighted by Gasteiger charge is 2.22. The summed E-state index contributed by atoms with van der Waals surface area (Å²) in [6, 6.07) is 18.6. The van der Waals surface area contributed by atoms with Gasteiger partial charge in [-0.05, 0) is 30.5 Å². The number of nitrogens with zero attached hydrogens (tertiary/aromatic N) is 6. The van der Waals surface area contributed by atoms with Gasteiger partial charge in [0.2, 0.25) is 5.95 Å². The van der Waals surface area contributed by atoms with E-state index in [4.69, 9.17) is 10.8 Å². The first-order chi connectivity index (χ1) is 15.8. The Morgan fingerprint density at radius 2 is 1.84 bits per heavy atom. The summed E-state index contributed by atoms with van der Waals surface area (Å²) in [6.07, 6.45) is 3.79. The van der Waals surface area contributed by atoms with Gasteiger partial charge in [-0.15, -0.1) is 5.11 Å². The summed E-state index contributed by atoms with van der Waals surface area (Å²) < 4.78 is 0. The second kappa shape index (κ2) is 9.11. The molecule has 3 aromatic rings. The first kappa shape index (κ1) is 20.1. The molecule has 2 aliphatic heterocycles. The maximum Gasteiger partial charge on any atom is 0.224 e. The van der Waals surface area contributed by atoms with E-state index in [1.807, 2.05) is 24.3 Å². The number of para-hydroxylation sites is 2. The minimum absolute atomic E-state index is 0.329. The topological polar surface area (TPSA) is 116 Å². The van der Waals surface area contributed by atoms with Crippen molar-refractivity contribution in [2.75, 3.05) is 23.7 Å². The third kappa shape index (κ3) is 4.42. The molecule has 32 heavy (non-hydrogen) atoms. The molecule has 162 valence electrons. The molecule has 0 atom stereocenters. The highest BCUT2D eigenvalue weighted by Crippen LogP contribution is 2.33. The normalized spacial score (nSPS) is 16.6. The van der Waals surface area contributed by atoms with Crippen LogP contribution in [0.15, 0.2) is 76.1 Å². The lowest BCUT2D eigenvalue weighted by molar-refractivity contribution is 0.211. The van der Waals surface area contributed by atoms with Crippen molar-refractivity contribution in [3.8, 4) is 0 Å². The lowest BCUT2D eigenvalue weighted by Gasteiger charge is -2.32. The average molecular weight is 428 g/mol. The van der Waals surface area contributed by atoms with Crippen LogP contribution in [0.3, 0.4) is 0 Å². The Kier molecular flexibility index (Phi) is 5.71. The van der Waals surface area contributed by atoms with Crippen molar-refractivity contribution in [2.45, 2.75) is 25.4 Å². The molecule has 0 radical (unpaired) electrons. The molecule has 1 saturated heterocycles. The second-order valence-corrected chi connectivity index (χ2v) is 7.93. The number of nitrogens with one attached hydrogen (secondary N) is 2. The van der Waals surface area contributed by atoms with Crippen molar-refractivity contribution in [1.82, 2.24) is 14.9 Å². The molecule has 3 heterocycles. The first-order valence-electron chi connectivity index (χ1n) is 10.7. The summed E-state index contributed by atoms with van der Waals surface area (Å²) >= 11 is 0. The van der Waals surface area contributed by atoms with E-state index in [2.05, 4.69) is 66.2 Å². The smallest absolute Gasteiger partial charge is 0.224 e. The number of benzene rings is 2. The third-order valence-corrected chi connectivity index (χ3v) is 5.74. The number of fused-ring (bicyclic) bond motifs is 2. The SMILES string of the molecule is NN=NC1=Nc2ccccc2Nc2nc(NC3CCN(Cc4ccccc4)CC3)ncc21. The van der Waals surface area contributed by atoms with E-state index >= 15 is 0 Å². The van der Waals surface area contributed by atoms with Gasteiger partial charge < -0.3 is 16.5 Å². The fourth-order valence-corrected chi connectivity index (χ4v) is 4.08. The summed E-state index contributed by atoms with van der Waals surface area (Å²) in [7, 11) is 0. The van der Waals surface area contributed by atoms with E-state index < -0.39 is 0 Å². The van der Waals surface area contributed by atoms with Crippen LogP contribution in [0, 0.1) is 0 Å². The van der Waals surface area contributed by atoms with Crippen molar-refractivity contribution >= 4 is 29.0 Å². The minimum Gasteiger partial charge on any atom is -0.351 e. The van der Waals surface area contributed by atoms with Gasteiger partial charge in [-0.25, -0.2) is 9.98 Å². The molecular weight excluding hydrogens is 402 g/mol. The molecule has 2 aromatic carbocycles. The lowest BCUT2D eigenvalue weighted by atomic mass is 10.0. The standard InChI is InChI=1S/C23H25N9/c24-31-30-22-18-14-25-23(29-21(18)27-19-8-4-5-9-20(19)28-22)26-17-10-12-32(13-11-17)15-16-6-2-1-3-7-16/h1-9,14,17H,10-13,15H2,(H2,24,28,30)(H2,25,26,27,29). The molecule has 1 fully saturated rings. The number of aliphatic imine (C=N–C) groups is 1. The Labute approximate surface area is 186 Å². The number of anilines is 3. The maximum atomic E-state index is 5.30.